The maximum atomic E-state index is 5.56. The van der Waals surface area contributed by atoms with Crippen LogP contribution in [0.3, 0.4) is 0 Å². The van der Waals surface area contributed by atoms with E-state index in [0.29, 0.717) is 0 Å². The zero-order chi connectivity index (χ0) is 11.3. The monoisotopic (exact) mass is 204 g/mol. The molecule has 0 aliphatic heterocycles. The van der Waals surface area contributed by atoms with E-state index in [1.165, 1.54) is 16.7 Å². The van der Waals surface area contributed by atoms with Gasteiger partial charge < -0.3 is 4.74 Å². The van der Waals surface area contributed by atoms with E-state index in [1.54, 1.807) is 0 Å². The molecule has 1 nitrogen and oxygen atoms in total. The fourth-order valence-electron chi connectivity index (χ4n) is 1.69. The minimum Gasteiger partial charge on any atom is -0.494 e. The van der Waals surface area contributed by atoms with Crippen LogP contribution >= 0.6 is 0 Å². The predicted octanol–water partition coefficient (Wildman–Crippen LogP) is 3.82. The quantitative estimate of drug-likeness (QED) is 0.662. The van der Waals surface area contributed by atoms with Crippen molar-refractivity contribution in [3.05, 3.63) is 41.5 Å². The Bertz CT molecular complexity index is 339. The highest BCUT2D eigenvalue weighted by Gasteiger charge is 2.05. The molecule has 1 rings (SSSR count). The Morgan fingerprint density at radius 3 is 2.60 bits per heavy atom. The van der Waals surface area contributed by atoms with Gasteiger partial charge in [0, 0.05) is 0 Å². The second-order valence-electron chi connectivity index (χ2n) is 3.73. The molecular formula is C14H20O. The highest BCUT2D eigenvalue weighted by Crippen LogP contribution is 2.25. The van der Waals surface area contributed by atoms with Crippen LogP contribution in [0.15, 0.2) is 24.8 Å². The lowest BCUT2D eigenvalue weighted by Gasteiger charge is -2.13. The largest absolute Gasteiger partial charge is 0.494 e. The lowest BCUT2D eigenvalue weighted by atomic mass is 9.99. The summed E-state index contributed by atoms with van der Waals surface area (Å²) in [7, 11) is 0. The molecule has 0 atom stereocenters. The van der Waals surface area contributed by atoms with Crippen molar-refractivity contribution in [2.24, 2.45) is 0 Å². The summed E-state index contributed by atoms with van der Waals surface area (Å²) in [6, 6.07) is 4.24. The van der Waals surface area contributed by atoms with Crippen LogP contribution in [-0.4, -0.2) is 6.61 Å². The molecule has 0 saturated heterocycles. The first-order valence-electron chi connectivity index (χ1n) is 5.53. The minimum atomic E-state index is 0.728. The molecule has 0 unspecified atom stereocenters. The topological polar surface area (TPSA) is 9.23 Å². The van der Waals surface area contributed by atoms with Gasteiger partial charge in [0.1, 0.15) is 5.75 Å². The average molecular weight is 204 g/mol. The van der Waals surface area contributed by atoms with Gasteiger partial charge in [0.25, 0.3) is 0 Å². The highest BCUT2D eigenvalue weighted by molar-refractivity contribution is 5.43. The van der Waals surface area contributed by atoms with Crippen LogP contribution in [0.2, 0.25) is 0 Å². The van der Waals surface area contributed by atoms with Crippen LogP contribution < -0.4 is 4.74 Å². The Morgan fingerprint density at radius 1 is 1.27 bits per heavy atom. The van der Waals surface area contributed by atoms with Gasteiger partial charge in [0.15, 0.2) is 0 Å². The smallest absolute Gasteiger partial charge is 0.122 e. The molecule has 82 valence electrons. The van der Waals surface area contributed by atoms with Crippen LogP contribution in [0.4, 0.5) is 0 Å². The van der Waals surface area contributed by atoms with Crippen LogP contribution in [-0.2, 0) is 6.42 Å². The fourth-order valence-corrected chi connectivity index (χ4v) is 1.69. The Labute approximate surface area is 92.8 Å². The third-order valence-corrected chi connectivity index (χ3v) is 2.77. The molecule has 15 heavy (non-hydrogen) atoms. The number of hydrogen-bond acceptors (Lipinski definition) is 1. The number of benzene rings is 1. The number of allylic oxidation sites excluding steroid dienone is 1. The molecule has 0 spiro atoms. The molecule has 0 aliphatic carbocycles. The van der Waals surface area contributed by atoms with Gasteiger partial charge in [-0.2, -0.15) is 0 Å². The first kappa shape index (κ1) is 11.8. The standard InChI is InChI=1S/C14H20O/c1-5-7-8-13-9-10-14(15-6-2)12(4)11(13)3/h5,9-10H,1,6-8H2,2-4H3. The van der Waals surface area contributed by atoms with Crippen LogP contribution in [0.25, 0.3) is 0 Å². The second kappa shape index (κ2) is 5.59. The summed E-state index contributed by atoms with van der Waals surface area (Å²) in [5.41, 5.74) is 4.01. The SMILES string of the molecule is C=CCCc1ccc(OCC)c(C)c1C. The van der Waals surface area contributed by atoms with Gasteiger partial charge >= 0.3 is 0 Å². The molecule has 1 heteroatoms. The molecule has 0 heterocycles. The van der Waals surface area contributed by atoms with Crippen LogP contribution in [0, 0.1) is 13.8 Å². The number of hydrogen-bond donors (Lipinski definition) is 0. The minimum absolute atomic E-state index is 0.728. The molecule has 0 N–H and O–H groups in total. The average Bonchev–Trinajstić information content (AvgIpc) is 2.24. The summed E-state index contributed by atoms with van der Waals surface area (Å²) in [4.78, 5) is 0. The molecule has 0 fully saturated rings. The van der Waals surface area contributed by atoms with Crippen molar-refractivity contribution >= 4 is 0 Å². The summed E-state index contributed by atoms with van der Waals surface area (Å²) in [6.45, 7) is 10.8. The summed E-state index contributed by atoms with van der Waals surface area (Å²) in [6.07, 6.45) is 4.07. The third-order valence-electron chi connectivity index (χ3n) is 2.77. The van der Waals surface area contributed by atoms with Crippen molar-refractivity contribution in [2.45, 2.75) is 33.6 Å². The van der Waals surface area contributed by atoms with E-state index in [2.05, 4.69) is 32.6 Å². The highest BCUT2D eigenvalue weighted by atomic mass is 16.5. The van der Waals surface area contributed by atoms with Gasteiger partial charge in [-0.05, 0) is 56.4 Å². The Kier molecular flexibility index (Phi) is 4.41. The van der Waals surface area contributed by atoms with Gasteiger partial charge in [0.2, 0.25) is 0 Å². The van der Waals surface area contributed by atoms with Crippen molar-refractivity contribution in [1.29, 1.82) is 0 Å². The Hall–Kier alpha value is -1.24. The van der Waals surface area contributed by atoms with Gasteiger partial charge in [-0.15, -0.1) is 6.58 Å². The van der Waals surface area contributed by atoms with E-state index in [0.717, 1.165) is 25.2 Å². The summed E-state index contributed by atoms with van der Waals surface area (Å²) in [5.74, 6) is 1.01. The van der Waals surface area contributed by atoms with Gasteiger partial charge in [-0.1, -0.05) is 12.1 Å². The van der Waals surface area contributed by atoms with Gasteiger partial charge in [-0.3, -0.25) is 0 Å². The second-order valence-corrected chi connectivity index (χ2v) is 3.73. The van der Waals surface area contributed by atoms with Gasteiger partial charge in [-0.25, -0.2) is 0 Å². The molecular weight excluding hydrogens is 184 g/mol. The molecule has 0 aliphatic rings. The number of aryl methyl sites for hydroxylation is 1. The van der Waals surface area contributed by atoms with E-state index in [-0.39, 0.29) is 0 Å². The molecule has 0 saturated carbocycles. The molecule has 0 bridgehead atoms. The first-order valence-corrected chi connectivity index (χ1v) is 5.53. The third kappa shape index (κ3) is 2.85. The summed E-state index contributed by atoms with van der Waals surface area (Å²) in [5, 5.41) is 0. The maximum Gasteiger partial charge on any atom is 0.122 e. The maximum absolute atomic E-state index is 5.56. The summed E-state index contributed by atoms with van der Waals surface area (Å²) >= 11 is 0. The molecule has 0 aromatic heterocycles. The Morgan fingerprint density at radius 2 is 2.00 bits per heavy atom. The fraction of sp³-hybridized carbons (Fsp3) is 0.429. The number of rotatable bonds is 5. The predicted molar refractivity (Wildman–Crippen MR) is 65.6 cm³/mol. The molecule has 1 aromatic carbocycles. The van der Waals surface area contributed by atoms with Crippen molar-refractivity contribution in [1.82, 2.24) is 0 Å². The normalized spacial score (nSPS) is 10.1. The van der Waals surface area contributed by atoms with E-state index < -0.39 is 0 Å². The molecule has 1 aromatic rings. The molecule has 0 radical (unpaired) electrons. The Balaban J connectivity index is 2.93. The van der Waals surface area contributed by atoms with Crippen LogP contribution in [0.1, 0.15) is 30.0 Å². The van der Waals surface area contributed by atoms with Crippen LogP contribution in [0.5, 0.6) is 5.75 Å². The van der Waals surface area contributed by atoms with Crippen molar-refractivity contribution in [3.63, 3.8) is 0 Å². The zero-order valence-electron chi connectivity index (χ0n) is 9.97. The van der Waals surface area contributed by atoms with E-state index in [4.69, 9.17) is 4.74 Å². The van der Waals surface area contributed by atoms with Crippen molar-refractivity contribution in [2.75, 3.05) is 6.61 Å². The zero-order valence-corrected chi connectivity index (χ0v) is 9.97. The van der Waals surface area contributed by atoms with Crippen molar-refractivity contribution in [3.8, 4) is 5.75 Å². The van der Waals surface area contributed by atoms with Gasteiger partial charge in [0.05, 0.1) is 6.61 Å². The summed E-state index contributed by atoms with van der Waals surface area (Å²) < 4.78 is 5.56. The van der Waals surface area contributed by atoms with E-state index in [9.17, 15) is 0 Å². The lowest BCUT2D eigenvalue weighted by molar-refractivity contribution is 0.337. The number of ether oxygens (including phenoxy) is 1. The first-order chi connectivity index (χ1) is 7.20. The van der Waals surface area contributed by atoms with Crippen molar-refractivity contribution < 1.29 is 4.74 Å². The van der Waals surface area contributed by atoms with E-state index >= 15 is 0 Å². The van der Waals surface area contributed by atoms with E-state index in [1.807, 2.05) is 13.0 Å². The lowest BCUT2D eigenvalue weighted by Crippen LogP contribution is -1.98. The molecule has 0 amide bonds.